The average molecular weight is 382 g/mol. The van der Waals surface area contributed by atoms with Crippen molar-refractivity contribution in [1.82, 2.24) is 10.3 Å². The topological polar surface area (TPSA) is 63.2 Å². The van der Waals surface area contributed by atoms with Crippen LogP contribution in [0.4, 0.5) is 5.69 Å². The van der Waals surface area contributed by atoms with E-state index in [0.717, 1.165) is 24.1 Å². The molecule has 0 saturated heterocycles. The number of nitrogens with one attached hydrogen (secondary N) is 2. The highest BCUT2D eigenvalue weighted by molar-refractivity contribution is 6.35. The van der Waals surface area contributed by atoms with E-state index in [0.29, 0.717) is 35.4 Å². The second-order valence-electron chi connectivity index (χ2n) is 5.44. The highest BCUT2D eigenvalue weighted by Gasteiger charge is 2.07. The van der Waals surface area contributed by atoms with Gasteiger partial charge in [-0.1, -0.05) is 29.3 Å². The van der Waals surface area contributed by atoms with E-state index < -0.39 is 0 Å². The van der Waals surface area contributed by atoms with E-state index >= 15 is 0 Å². The van der Waals surface area contributed by atoms with E-state index in [1.807, 2.05) is 18.2 Å². The van der Waals surface area contributed by atoms with Crippen LogP contribution in [-0.2, 0) is 11.2 Å². The van der Waals surface area contributed by atoms with Gasteiger partial charge in [0.25, 0.3) is 5.91 Å². The molecule has 0 radical (unpaired) electrons. The first-order valence-corrected chi connectivity index (χ1v) is 8.76. The molecule has 0 bridgehead atoms. The number of nitrogens with zero attached hydrogens (tertiary/aromatic N) is 1. The summed E-state index contributed by atoms with van der Waals surface area (Å²) in [5, 5.41) is 7.37. The molecule has 0 spiro atoms. The van der Waals surface area contributed by atoms with Gasteiger partial charge in [0.2, 0.25) is 0 Å². The van der Waals surface area contributed by atoms with E-state index in [1.54, 1.807) is 25.4 Å². The summed E-state index contributed by atoms with van der Waals surface area (Å²) in [6.07, 6.45) is 3.13. The van der Waals surface area contributed by atoms with E-state index in [1.165, 1.54) is 0 Å². The predicted octanol–water partition coefficient (Wildman–Crippen LogP) is 3.81. The van der Waals surface area contributed by atoms with Crippen LogP contribution in [0.25, 0.3) is 0 Å². The first-order chi connectivity index (χ1) is 12.1. The van der Waals surface area contributed by atoms with Gasteiger partial charge in [0.15, 0.2) is 0 Å². The number of rotatable bonds is 9. The van der Waals surface area contributed by atoms with Crippen molar-refractivity contribution >= 4 is 34.8 Å². The number of hydrogen-bond acceptors (Lipinski definition) is 4. The molecule has 0 atom stereocenters. The van der Waals surface area contributed by atoms with Crippen LogP contribution in [0.5, 0.6) is 0 Å². The van der Waals surface area contributed by atoms with Crippen LogP contribution < -0.4 is 10.6 Å². The summed E-state index contributed by atoms with van der Waals surface area (Å²) < 4.78 is 4.95. The number of benzene rings is 1. The van der Waals surface area contributed by atoms with E-state index in [-0.39, 0.29) is 5.91 Å². The highest BCUT2D eigenvalue weighted by Crippen LogP contribution is 2.21. The number of anilines is 1. The molecule has 0 saturated carbocycles. The largest absolute Gasteiger partial charge is 0.385 e. The Bertz CT molecular complexity index is 710. The number of carbonyl (C=O) groups is 1. The third-order valence-electron chi connectivity index (χ3n) is 3.54. The number of methoxy groups -OCH3 is 1. The first kappa shape index (κ1) is 19.5. The molecule has 1 aromatic carbocycles. The van der Waals surface area contributed by atoms with Gasteiger partial charge in [-0.2, -0.15) is 0 Å². The number of aromatic nitrogens is 1. The maximum Gasteiger partial charge on any atom is 0.269 e. The number of amides is 1. The monoisotopic (exact) mass is 381 g/mol. The minimum atomic E-state index is -0.194. The third kappa shape index (κ3) is 6.53. The zero-order chi connectivity index (χ0) is 18.1. The van der Waals surface area contributed by atoms with Gasteiger partial charge >= 0.3 is 0 Å². The predicted molar refractivity (Wildman–Crippen MR) is 102 cm³/mol. The Kier molecular flexibility index (Phi) is 7.98. The van der Waals surface area contributed by atoms with Crippen molar-refractivity contribution in [2.45, 2.75) is 12.8 Å². The average Bonchev–Trinajstić information content (AvgIpc) is 2.61. The van der Waals surface area contributed by atoms with Crippen molar-refractivity contribution in [1.29, 1.82) is 0 Å². The molecule has 0 fully saturated rings. The van der Waals surface area contributed by atoms with Gasteiger partial charge < -0.3 is 15.4 Å². The quantitative estimate of drug-likeness (QED) is 0.648. The van der Waals surface area contributed by atoms with Crippen molar-refractivity contribution in [2.24, 2.45) is 0 Å². The summed E-state index contributed by atoms with van der Waals surface area (Å²) >= 11 is 12.1. The molecule has 0 aliphatic rings. The molecule has 1 aromatic heterocycles. The Morgan fingerprint density at radius 1 is 1.20 bits per heavy atom. The molecular weight excluding hydrogens is 361 g/mol. The fourth-order valence-corrected chi connectivity index (χ4v) is 2.74. The number of halogens is 2. The van der Waals surface area contributed by atoms with Crippen LogP contribution in [-0.4, -0.2) is 37.7 Å². The lowest BCUT2D eigenvalue weighted by Gasteiger charge is -2.09. The smallest absolute Gasteiger partial charge is 0.269 e. The fraction of sp³-hybridized carbons (Fsp3) is 0.333. The van der Waals surface area contributed by atoms with Crippen LogP contribution >= 0.6 is 23.2 Å². The molecule has 7 heteroatoms. The molecule has 2 rings (SSSR count). The first-order valence-electron chi connectivity index (χ1n) is 8.01. The van der Waals surface area contributed by atoms with Crippen molar-refractivity contribution in [2.75, 3.05) is 32.1 Å². The summed E-state index contributed by atoms with van der Waals surface area (Å²) in [5.74, 6) is -0.194. The van der Waals surface area contributed by atoms with Gasteiger partial charge in [-0.05, 0) is 42.7 Å². The number of pyridine rings is 1. The van der Waals surface area contributed by atoms with Crippen LogP contribution in [0.1, 0.15) is 22.5 Å². The van der Waals surface area contributed by atoms with Crippen molar-refractivity contribution in [3.05, 3.63) is 57.8 Å². The molecule has 0 aliphatic carbocycles. The molecule has 25 heavy (non-hydrogen) atoms. The zero-order valence-corrected chi connectivity index (χ0v) is 15.5. The molecule has 2 N–H and O–H groups in total. The van der Waals surface area contributed by atoms with Crippen molar-refractivity contribution < 1.29 is 9.53 Å². The van der Waals surface area contributed by atoms with Crippen molar-refractivity contribution in [3.8, 4) is 0 Å². The summed E-state index contributed by atoms with van der Waals surface area (Å²) in [5.41, 5.74) is 2.23. The van der Waals surface area contributed by atoms with Gasteiger partial charge in [-0.15, -0.1) is 0 Å². The van der Waals surface area contributed by atoms with Gasteiger partial charge in [0.05, 0.1) is 0 Å². The van der Waals surface area contributed by atoms with Gasteiger partial charge in [-0.3, -0.25) is 9.78 Å². The molecule has 0 unspecified atom stereocenters. The maximum atomic E-state index is 12.1. The minimum absolute atomic E-state index is 0.194. The normalized spacial score (nSPS) is 10.5. The Hall–Kier alpha value is -1.82. The van der Waals surface area contributed by atoms with E-state index in [9.17, 15) is 4.79 Å². The van der Waals surface area contributed by atoms with Gasteiger partial charge in [0.1, 0.15) is 5.69 Å². The molecule has 5 nitrogen and oxygen atoms in total. The lowest BCUT2D eigenvalue weighted by molar-refractivity contribution is 0.0943. The lowest BCUT2D eigenvalue weighted by Crippen LogP contribution is -2.26. The molecule has 1 amide bonds. The van der Waals surface area contributed by atoms with Crippen LogP contribution in [0, 0.1) is 0 Å². The maximum absolute atomic E-state index is 12.1. The summed E-state index contributed by atoms with van der Waals surface area (Å²) in [7, 11) is 1.63. The second kappa shape index (κ2) is 10.2. The molecular formula is C18H21Cl2N3O2. The molecule has 0 aliphatic heterocycles. The Balaban J connectivity index is 1.85. The minimum Gasteiger partial charge on any atom is -0.385 e. The molecule has 134 valence electrons. The second-order valence-corrected chi connectivity index (χ2v) is 6.29. The summed E-state index contributed by atoms with van der Waals surface area (Å²) in [6, 6.07) is 9.02. The fourth-order valence-electron chi connectivity index (χ4n) is 2.24. The summed E-state index contributed by atoms with van der Waals surface area (Å²) in [6.45, 7) is 1.85. The number of hydrogen-bond donors (Lipinski definition) is 2. The van der Waals surface area contributed by atoms with E-state index in [2.05, 4.69) is 15.6 Å². The number of ether oxygens (including phenoxy) is 1. The molecule has 1 heterocycles. The lowest BCUT2D eigenvalue weighted by atomic mass is 10.1. The summed E-state index contributed by atoms with van der Waals surface area (Å²) in [4.78, 5) is 16.2. The molecule has 2 aromatic rings. The Morgan fingerprint density at radius 3 is 2.80 bits per heavy atom. The van der Waals surface area contributed by atoms with Crippen LogP contribution in [0.2, 0.25) is 10.0 Å². The standard InChI is InChI=1S/C18H21Cl2N3O2/c1-25-10-2-7-23-18(24)17-12-15(6-9-22-17)21-8-5-13-3-4-14(19)11-16(13)20/h3-4,6,9,11-12H,2,5,7-8,10H2,1H3,(H,21,22)(H,23,24). The van der Waals surface area contributed by atoms with Gasteiger partial charge in [-0.25, -0.2) is 0 Å². The van der Waals surface area contributed by atoms with Crippen molar-refractivity contribution in [3.63, 3.8) is 0 Å². The highest BCUT2D eigenvalue weighted by atomic mass is 35.5. The Labute approximate surface area is 157 Å². The van der Waals surface area contributed by atoms with Crippen LogP contribution in [0.3, 0.4) is 0 Å². The number of carbonyl (C=O) groups excluding carboxylic acids is 1. The Morgan fingerprint density at radius 2 is 2.04 bits per heavy atom. The van der Waals surface area contributed by atoms with Gasteiger partial charge in [0, 0.05) is 48.7 Å². The van der Waals surface area contributed by atoms with Crippen LogP contribution in [0.15, 0.2) is 36.5 Å². The SMILES string of the molecule is COCCCNC(=O)c1cc(NCCc2ccc(Cl)cc2Cl)ccn1. The third-order valence-corrected chi connectivity index (χ3v) is 4.13. The van der Waals surface area contributed by atoms with E-state index in [4.69, 9.17) is 27.9 Å². The zero-order valence-electron chi connectivity index (χ0n) is 14.0.